The molecule has 1 aromatic rings. The molecular formula is C11H17NO6S3. The van der Waals surface area contributed by atoms with Crippen molar-refractivity contribution in [1.29, 1.82) is 0 Å². The van der Waals surface area contributed by atoms with Crippen LogP contribution in [0.2, 0.25) is 0 Å². The summed E-state index contributed by atoms with van der Waals surface area (Å²) >= 11 is 0.967. The van der Waals surface area contributed by atoms with Crippen LogP contribution in [0.5, 0.6) is 0 Å². The van der Waals surface area contributed by atoms with Gasteiger partial charge in [-0.1, -0.05) is 6.92 Å². The number of rotatable bonds is 7. The molecule has 0 radical (unpaired) electrons. The van der Waals surface area contributed by atoms with E-state index < -0.39 is 25.8 Å². The maximum atomic E-state index is 12.2. The number of sulfonamides is 1. The third-order valence-electron chi connectivity index (χ3n) is 2.70. The molecule has 120 valence electrons. The monoisotopic (exact) mass is 355 g/mol. The molecule has 0 bridgehead atoms. The van der Waals surface area contributed by atoms with E-state index in [1.54, 1.807) is 6.92 Å². The van der Waals surface area contributed by atoms with Crippen molar-refractivity contribution in [3.05, 3.63) is 15.8 Å². The Labute approximate surface area is 128 Å². The van der Waals surface area contributed by atoms with Crippen molar-refractivity contribution < 1.29 is 26.4 Å². The van der Waals surface area contributed by atoms with Gasteiger partial charge >= 0.3 is 5.97 Å². The van der Waals surface area contributed by atoms with E-state index in [1.165, 1.54) is 12.3 Å². The van der Waals surface area contributed by atoms with Gasteiger partial charge in [0.15, 0.2) is 9.84 Å². The molecule has 21 heavy (non-hydrogen) atoms. The number of hydrogen-bond donors (Lipinski definition) is 1. The Bertz CT molecular complexity index is 717. The molecule has 1 N–H and O–H groups in total. The van der Waals surface area contributed by atoms with Crippen molar-refractivity contribution in [3.63, 3.8) is 0 Å². The van der Waals surface area contributed by atoms with Gasteiger partial charge in [0.1, 0.15) is 9.77 Å². The van der Waals surface area contributed by atoms with Crippen molar-refractivity contribution in [3.8, 4) is 0 Å². The summed E-state index contributed by atoms with van der Waals surface area (Å²) in [4.78, 5) is 11.4. The highest BCUT2D eigenvalue weighted by molar-refractivity contribution is 7.91. The van der Waals surface area contributed by atoms with Crippen LogP contribution in [0.25, 0.3) is 0 Å². The van der Waals surface area contributed by atoms with Crippen molar-refractivity contribution in [2.75, 3.05) is 25.2 Å². The minimum Gasteiger partial charge on any atom is -0.465 e. The molecule has 0 fully saturated rings. The van der Waals surface area contributed by atoms with Gasteiger partial charge in [0, 0.05) is 12.3 Å². The molecule has 0 spiro atoms. The molecular weight excluding hydrogens is 338 g/mol. The van der Waals surface area contributed by atoms with Crippen LogP contribution in [-0.2, 0) is 24.6 Å². The molecule has 1 aromatic heterocycles. The Balaban J connectivity index is 2.99. The van der Waals surface area contributed by atoms with Crippen LogP contribution in [0.4, 0.5) is 0 Å². The molecule has 1 heterocycles. The van der Waals surface area contributed by atoms with E-state index in [0.29, 0.717) is 5.56 Å². The SMILES string of the molecule is CCS(=O)(=O)CCNS(=O)(=O)c1c(C)csc1C(=O)OC. The van der Waals surface area contributed by atoms with Crippen LogP contribution in [0.3, 0.4) is 0 Å². The van der Waals surface area contributed by atoms with E-state index >= 15 is 0 Å². The maximum absolute atomic E-state index is 12.2. The zero-order valence-corrected chi connectivity index (χ0v) is 14.3. The van der Waals surface area contributed by atoms with E-state index in [2.05, 4.69) is 9.46 Å². The molecule has 0 aliphatic carbocycles. The number of esters is 1. The van der Waals surface area contributed by atoms with Gasteiger partial charge in [0.2, 0.25) is 10.0 Å². The highest BCUT2D eigenvalue weighted by Gasteiger charge is 2.27. The normalized spacial score (nSPS) is 12.3. The molecule has 0 aliphatic heterocycles. The van der Waals surface area contributed by atoms with Gasteiger partial charge in [-0.25, -0.2) is 26.4 Å². The van der Waals surface area contributed by atoms with Crippen molar-refractivity contribution >= 4 is 37.2 Å². The summed E-state index contributed by atoms with van der Waals surface area (Å²) in [6, 6.07) is 0. The van der Waals surface area contributed by atoms with Crippen molar-refractivity contribution in [2.45, 2.75) is 18.7 Å². The first-order chi connectivity index (χ1) is 9.64. The Morgan fingerprint density at radius 3 is 2.48 bits per heavy atom. The highest BCUT2D eigenvalue weighted by atomic mass is 32.2. The van der Waals surface area contributed by atoms with Gasteiger partial charge in [-0.3, -0.25) is 0 Å². The van der Waals surface area contributed by atoms with Crippen LogP contribution >= 0.6 is 11.3 Å². The fourth-order valence-corrected chi connectivity index (χ4v) is 5.11. The highest BCUT2D eigenvalue weighted by Crippen LogP contribution is 2.27. The quantitative estimate of drug-likeness (QED) is 0.716. The lowest BCUT2D eigenvalue weighted by atomic mass is 10.3. The van der Waals surface area contributed by atoms with Crippen LogP contribution in [0.15, 0.2) is 10.3 Å². The number of aryl methyl sites for hydroxylation is 1. The van der Waals surface area contributed by atoms with Gasteiger partial charge in [-0.2, -0.15) is 0 Å². The summed E-state index contributed by atoms with van der Waals surface area (Å²) in [5.41, 5.74) is 0.409. The lowest BCUT2D eigenvalue weighted by Gasteiger charge is -2.08. The van der Waals surface area contributed by atoms with E-state index in [0.717, 1.165) is 18.4 Å². The zero-order valence-electron chi connectivity index (χ0n) is 11.9. The number of hydrogen-bond acceptors (Lipinski definition) is 7. The number of carbonyl (C=O) groups is 1. The molecule has 0 aromatic carbocycles. The summed E-state index contributed by atoms with van der Waals surface area (Å²) in [5.74, 6) is -1.09. The van der Waals surface area contributed by atoms with Crippen LogP contribution in [-0.4, -0.2) is 48.0 Å². The lowest BCUT2D eigenvalue weighted by Crippen LogP contribution is -2.30. The Morgan fingerprint density at radius 1 is 1.33 bits per heavy atom. The molecule has 0 unspecified atom stereocenters. The first-order valence-electron chi connectivity index (χ1n) is 6.01. The second-order valence-corrected chi connectivity index (χ2v) is 9.26. The Hall–Kier alpha value is -0.970. The first kappa shape index (κ1) is 18.1. The number of carbonyl (C=O) groups excluding carboxylic acids is 1. The van der Waals surface area contributed by atoms with E-state index in [-0.39, 0.29) is 27.8 Å². The summed E-state index contributed by atoms with van der Waals surface area (Å²) in [5, 5.41) is 1.53. The third kappa shape index (κ3) is 4.50. The molecule has 10 heteroatoms. The van der Waals surface area contributed by atoms with Crippen LogP contribution in [0.1, 0.15) is 22.2 Å². The predicted molar refractivity (Wildman–Crippen MR) is 79.9 cm³/mol. The molecule has 0 aliphatic rings. The number of sulfone groups is 1. The Morgan fingerprint density at radius 2 is 1.95 bits per heavy atom. The number of methoxy groups -OCH3 is 1. The zero-order chi connectivity index (χ0) is 16.3. The number of thiophene rings is 1. The van der Waals surface area contributed by atoms with E-state index in [4.69, 9.17) is 0 Å². The van der Waals surface area contributed by atoms with Gasteiger partial charge < -0.3 is 4.74 Å². The second kappa shape index (κ2) is 6.86. The minimum atomic E-state index is -3.97. The Kier molecular flexibility index (Phi) is 5.91. The third-order valence-corrected chi connectivity index (χ3v) is 7.26. The molecule has 0 atom stereocenters. The first-order valence-corrected chi connectivity index (χ1v) is 10.2. The average Bonchev–Trinajstić information content (AvgIpc) is 2.80. The molecule has 0 saturated carbocycles. The van der Waals surface area contributed by atoms with Crippen LogP contribution < -0.4 is 4.72 Å². The summed E-state index contributed by atoms with van der Waals surface area (Å²) in [7, 11) is -6.08. The standard InChI is InChI=1S/C11H17NO6S3/c1-4-20(14,15)6-5-12-21(16,17)10-8(2)7-19-9(10)11(13)18-3/h7,12H,4-6H2,1-3H3. The maximum Gasteiger partial charge on any atom is 0.349 e. The molecule has 1 rings (SSSR count). The second-order valence-electron chi connectivity index (χ2n) is 4.20. The van der Waals surface area contributed by atoms with E-state index in [1.807, 2.05) is 0 Å². The van der Waals surface area contributed by atoms with E-state index in [9.17, 15) is 21.6 Å². The van der Waals surface area contributed by atoms with Gasteiger partial charge in [0.25, 0.3) is 0 Å². The minimum absolute atomic E-state index is 0.0270. The topological polar surface area (TPSA) is 107 Å². The summed E-state index contributed by atoms with van der Waals surface area (Å²) in [6.07, 6.45) is 0. The van der Waals surface area contributed by atoms with Gasteiger partial charge in [0.05, 0.1) is 12.9 Å². The summed E-state index contributed by atoms with van der Waals surface area (Å²) < 4.78 is 53.9. The largest absolute Gasteiger partial charge is 0.465 e. The molecule has 0 amide bonds. The number of ether oxygens (including phenoxy) is 1. The van der Waals surface area contributed by atoms with Crippen molar-refractivity contribution in [2.24, 2.45) is 0 Å². The molecule has 7 nitrogen and oxygen atoms in total. The molecule has 0 saturated heterocycles. The lowest BCUT2D eigenvalue weighted by molar-refractivity contribution is 0.0602. The fraction of sp³-hybridized carbons (Fsp3) is 0.545. The average molecular weight is 355 g/mol. The fourth-order valence-electron chi connectivity index (χ4n) is 1.55. The smallest absolute Gasteiger partial charge is 0.349 e. The summed E-state index contributed by atoms with van der Waals surface area (Å²) in [6.45, 7) is 2.80. The van der Waals surface area contributed by atoms with Crippen LogP contribution in [0, 0.1) is 6.92 Å². The van der Waals surface area contributed by atoms with Gasteiger partial charge in [-0.05, 0) is 17.9 Å². The number of nitrogens with one attached hydrogen (secondary N) is 1. The van der Waals surface area contributed by atoms with Gasteiger partial charge in [-0.15, -0.1) is 11.3 Å². The van der Waals surface area contributed by atoms with Crippen molar-refractivity contribution in [1.82, 2.24) is 4.72 Å². The predicted octanol–water partition coefficient (Wildman–Crippen LogP) is 0.556.